The third-order valence-electron chi connectivity index (χ3n) is 6.69. The van der Waals surface area contributed by atoms with Gasteiger partial charge < -0.3 is 9.47 Å². The van der Waals surface area contributed by atoms with Gasteiger partial charge in [-0.2, -0.15) is 0 Å². The number of unbranched alkanes of at least 4 members (excludes halogenated alkanes) is 4. The molecule has 1 aliphatic carbocycles. The van der Waals surface area contributed by atoms with E-state index in [4.69, 9.17) is 9.47 Å². The van der Waals surface area contributed by atoms with E-state index in [1.54, 1.807) is 0 Å². The molecule has 0 amide bonds. The number of benzene rings is 2. The molecule has 0 heterocycles. The maximum Gasteiger partial charge on any atom is 0.338 e. The Bertz CT molecular complexity index is 802. The molecule has 3 rings (SSSR count). The van der Waals surface area contributed by atoms with Gasteiger partial charge >= 0.3 is 11.9 Å². The van der Waals surface area contributed by atoms with Gasteiger partial charge in [0, 0.05) is 0 Å². The molecule has 0 aromatic heterocycles. The number of hydrogen-bond donors (Lipinski definition) is 0. The Morgan fingerprint density at radius 3 is 1.29 bits per heavy atom. The monoisotopic (exact) mass is 464 g/mol. The Morgan fingerprint density at radius 2 is 0.971 bits per heavy atom. The summed E-state index contributed by atoms with van der Waals surface area (Å²) in [4.78, 5) is 25.1. The van der Waals surface area contributed by atoms with Gasteiger partial charge in [-0.15, -0.1) is 0 Å². The highest BCUT2D eigenvalue weighted by molar-refractivity contribution is 5.90. The first kappa shape index (κ1) is 26.0. The second kappa shape index (κ2) is 13.9. The van der Waals surface area contributed by atoms with Crippen molar-refractivity contribution in [2.24, 2.45) is 0 Å². The lowest BCUT2D eigenvalue weighted by Crippen LogP contribution is -2.29. The molecule has 184 valence electrons. The molecule has 34 heavy (non-hydrogen) atoms. The minimum atomic E-state index is -0.264. The summed E-state index contributed by atoms with van der Waals surface area (Å²) < 4.78 is 11.5. The lowest BCUT2D eigenvalue weighted by Gasteiger charge is -2.28. The van der Waals surface area contributed by atoms with Gasteiger partial charge in [-0.3, -0.25) is 0 Å². The summed E-state index contributed by atoms with van der Waals surface area (Å²) in [5.41, 5.74) is 3.73. The van der Waals surface area contributed by atoms with Crippen LogP contribution in [0, 0.1) is 0 Å². The minimum Gasteiger partial charge on any atom is -0.459 e. The molecule has 0 N–H and O–H groups in total. The molecule has 0 atom stereocenters. The lowest BCUT2D eigenvalue weighted by atomic mass is 9.94. The number of esters is 2. The van der Waals surface area contributed by atoms with Crippen molar-refractivity contribution in [1.29, 1.82) is 0 Å². The number of carbonyl (C=O) groups is 2. The first-order chi connectivity index (χ1) is 16.6. The van der Waals surface area contributed by atoms with E-state index < -0.39 is 0 Å². The summed E-state index contributed by atoms with van der Waals surface area (Å²) in [5, 5.41) is 0. The largest absolute Gasteiger partial charge is 0.459 e. The summed E-state index contributed by atoms with van der Waals surface area (Å²) in [6.45, 7) is 4.40. The predicted octanol–water partition coefficient (Wildman–Crippen LogP) is 7.48. The topological polar surface area (TPSA) is 52.6 Å². The Balaban J connectivity index is 1.39. The van der Waals surface area contributed by atoms with Gasteiger partial charge in [0.15, 0.2) is 0 Å². The van der Waals surface area contributed by atoms with E-state index in [2.05, 4.69) is 13.8 Å². The summed E-state index contributed by atoms with van der Waals surface area (Å²) >= 11 is 0. The van der Waals surface area contributed by atoms with Gasteiger partial charge in [-0.05, 0) is 86.8 Å². The molecule has 0 spiro atoms. The van der Waals surface area contributed by atoms with Crippen molar-refractivity contribution >= 4 is 11.9 Å². The number of carbonyl (C=O) groups excluding carboxylic acids is 2. The molecule has 0 radical (unpaired) electrons. The van der Waals surface area contributed by atoms with Gasteiger partial charge in [0.25, 0.3) is 0 Å². The zero-order valence-electron chi connectivity index (χ0n) is 20.9. The van der Waals surface area contributed by atoms with E-state index in [0.717, 1.165) is 38.5 Å². The SMILES string of the molecule is CCCCCc1ccc(C(=O)OC2CCC(OC(=O)c3ccc(CCCCC)cc3)CC2)cc1. The third-order valence-corrected chi connectivity index (χ3v) is 6.69. The Labute approximate surface area is 205 Å². The van der Waals surface area contributed by atoms with E-state index in [9.17, 15) is 9.59 Å². The fourth-order valence-electron chi connectivity index (χ4n) is 4.48. The number of rotatable bonds is 12. The number of hydrogen-bond acceptors (Lipinski definition) is 4. The molecular formula is C30H40O4. The number of aryl methyl sites for hydroxylation is 2. The fraction of sp³-hybridized carbons (Fsp3) is 0.533. The van der Waals surface area contributed by atoms with Gasteiger partial charge in [0.1, 0.15) is 12.2 Å². The lowest BCUT2D eigenvalue weighted by molar-refractivity contribution is -0.0108. The molecular weight excluding hydrogens is 424 g/mol. The van der Waals surface area contributed by atoms with E-state index in [0.29, 0.717) is 11.1 Å². The van der Waals surface area contributed by atoms with Crippen molar-refractivity contribution in [1.82, 2.24) is 0 Å². The van der Waals surface area contributed by atoms with Gasteiger partial charge in [-0.1, -0.05) is 63.8 Å². The van der Waals surface area contributed by atoms with Crippen LogP contribution in [0.4, 0.5) is 0 Å². The van der Waals surface area contributed by atoms with Crippen LogP contribution in [0.5, 0.6) is 0 Å². The Hall–Kier alpha value is -2.62. The van der Waals surface area contributed by atoms with Crippen LogP contribution in [0.1, 0.15) is 110 Å². The molecule has 1 aliphatic rings. The Morgan fingerprint density at radius 1 is 0.618 bits per heavy atom. The quantitative estimate of drug-likeness (QED) is 0.241. The van der Waals surface area contributed by atoms with Crippen molar-refractivity contribution in [2.75, 3.05) is 0 Å². The molecule has 0 bridgehead atoms. The third kappa shape index (κ3) is 8.30. The molecule has 4 nitrogen and oxygen atoms in total. The molecule has 1 fully saturated rings. The maximum absolute atomic E-state index is 12.5. The van der Waals surface area contributed by atoms with E-state index in [1.807, 2.05) is 48.5 Å². The van der Waals surface area contributed by atoms with Crippen LogP contribution in [0.15, 0.2) is 48.5 Å². The highest BCUT2D eigenvalue weighted by Crippen LogP contribution is 2.25. The summed E-state index contributed by atoms with van der Waals surface area (Å²) in [6.07, 6.45) is 12.0. The van der Waals surface area contributed by atoms with Gasteiger partial charge in [0.05, 0.1) is 11.1 Å². The van der Waals surface area contributed by atoms with Crippen LogP contribution in [0.25, 0.3) is 0 Å². The summed E-state index contributed by atoms with van der Waals surface area (Å²) in [6, 6.07) is 15.6. The van der Waals surface area contributed by atoms with Crippen LogP contribution < -0.4 is 0 Å². The summed E-state index contributed by atoms with van der Waals surface area (Å²) in [7, 11) is 0. The highest BCUT2D eigenvalue weighted by atomic mass is 16.6. The van der Waals surface area contributed by atoms with Crippen molar-refractivity contribution in [3.8, 4) is 0 Å². The Kier molecular flexibility index (Phi) is 10.7. The van der Waals surface area contributed by atoms with Crippen molar-refractivity contribution < 1.29 is 19.1 Å². The molecule has 4 heteroatoms. The number of ether oxygens (including phenoxy) is 2. The van der Waals surface area contributed by atoms with E-state index in [-0.39, 0.29) is 24.1 Å². The standard InChI is InChI=1S/C30H40O4/c1-3-5-7-9-23-11-15-25(16-12-23)29(31)33-27-19-21-28(22-20-27)34-30(32)26-17-13-24(14-18-26)10-8-6-4-2/h11-18,27-28H,3-10,19-22H2,1-2H3. The fourth-order valence-corrected chi connectivity index (χ4v) is 4.48. The molecule has 2 aromatic carbocycles. The van der Waals surface area contributed by atoms with Crippen LogP contribution in [-0.4, -0.2) is 24.1 Å². The van der Waals surface area contributed by atoms with Crippen molar-refractivity contribution in [3.05, 3.63) is 70.8 Å². The van der Waals surface area contributed by atoms with Crippen LogP contribution in [0.2, 0.25) is 0 Å². The predicted molar refractivity (Wildman–Crippen MR) is 136 cm³/mol. The zero-order valence-corrected chi connectivity index (χ0v) is 20.9. The smallest absolute Gasteiger partial charge is 0.338 e. The average Bonchev–Trinajstić information content (AvgIpc) is 2.86. The van der Waals surface area contributed by atoms with Crippen molar-refractivity contribution in [3.63, 3.8) is 0 Å². The molecule has 0 aliphatic heterocycles. The van der Waals surface area contributed by atoms with E-state index in [1.165, 1.54) is 49.7 Å². The van der Waals surface area contributed by atoms with E-state index >= 15 is 0 Å². The van der Waals surface area contributed by atoms with Crippen LogP contribution in [-0.2, 0) is 22.3 Å². The minimum absolute atomic E-state index is 0.117. The molecule has 0 unspecified atom stereocenters. The molecule has 1 saturated carbocycles. The van der Waals surface area contributed by atoms with Crippen LogP contribution in [0.3, 0.4) is 0 Å². The molecule has 2 aromatic rings. The van der Waals surface area contributed by atoms with Crippen LogP contribution >= 0.6 is 0 Å². The first-order valence-corrected chi connectivity index (χ1v) is 13.2. The van der Waals surface area contributed by atoms with Crippen molar-refractivity contribution in [2.45, 2.75) is 103 Å². The van der Waals surface area contributed by atoms with Gasteiger partial charge in [0.2, 0.25) is 0 Å². The summed E-state index contributed by atoms with van der Waals surface area (Å²) in [5.74, 6) is -0.529. The maximum atomic E-state index is 12.5. The normalized spacial score (nSPS) is 17.8. The average molecular weight is 465 g/mol. The highest BCUT2D eigenvalue weighted by Gasteiger charge is 2.27. The second-order valence-electron chi connectivity index (χ2n) is 9.52. The zero-order chi connectivity index (χ0) is 24.2. The first-order valence-electron chi connectivity index (χ1n) is 13.2. The molecule has 0 saturated heterocycles. The second-order valence-corrected chi connectivity index (χ2v) is 9.52. The van der Waals surface area contributed by atoms with Gasteiger partial charge in [-0.25, -0.2) is 9.59 Å².